The average molecular weight is 310 g/mol. The van der Waals surface area contributed by atoms with E-state index in [2.05, 4.69) is 12.2 Å². The van der Waals surface area contributed by atoms with E-state index in [-0.39, 0.29) is 5.91 Å². The Morgan fingerprint density at radius 3 is 2.60 bits per heavy atom. The molecule has 20 heavy (non-hydrogen) atoms. The summed E-state index contributed by atoms with van der Waals surface area (Å²) in [5, 5.41) is 6.99. The molecule has 3 nitrogen and oxygen atoms in total. The second-order valence-corrected chi connectivity index (χ2v) is 6.90. The highest BCUT2D eigenvalue weighted by Gasteiger charge is 2.39. The van der Waals surface area contributed by atoms with Crippen molar-refractivity contribution < 1.29 is 4.79 Å². The number of hydrogen-bond donors (Lipinski definition) is 2. The van der Waals surface area contributed by atoms with Gasteiger partial charge >= 0.3 is 0 Å². The lowest BCUT2D eigenvalue weighted by Crippen LogP contribution is -2.58. The third kappa shape index (κ3) is 3.04. The van der Waals surface area contributed by atoms with Crippen molar-refractivity contribution in [3.8, 4) is 0 Å². The van der Waals surface area contributed by atoms with Crippen LogP contribution in [-0.2, 0) is 0 Å². The third-order valence-corrected chi connectivity index (χ3v) is 5.71. The van der Waals surface area contributed by atoms with Gasteiger partial charge < -0.3 is 11.1 Å². The summed E-state index contributed by atoms with van der Waals surface area (Å²) in [6.45, 7) is 4.17. The van der Waals surface area contributed by atoms with Gasteiger partial charge in [0.25, 0.3) is 5.91 Å². The molecule has 1 amide bonds. The van der Waals surface area contributed by atoms with Gasteiger partial charge in [-0.1, -0.05) is 25.6 Å². The molecule has 1 saturated carbocycles. The fraction of sp³-hybridized carbons (Fsp3) is 0.600. The molecule has 0 unspecified atom stereocenters. The molecule has 2 rings (SSSR count). The van der Waals surface area contributed by atoms with Crippen molar-refractivity contribution in [2.75, 3.05) is 0 Å². The molecular weight excluding hydrogens is 288 g/mol. The summed E-state index contributed by atoms with van der Waals surface area (Å²) < 4.78 is 0. The number of carbonyl (C=O) groups is 1. The van der Waals surface area contributed by atoms with Crippen LogP contribution in [0.25, 0.3) is 0 Å². The molecule has 1 heterocycles. The van der Waals surface area contributed by atoms with Gasteiger partial charge in [0.05, 0.1) is 16.1 Å². The van der Waals surface area contributed by atoms with E-state index in [9.17, 15) is 4.79 Å². The zero-order valence-corrected chi connectivity index (χ0v) is 13.7. The first-order valence-electron chi connectivity index (χ1n) is 7.13. The van der Waals surface area contributed by atoms with Gasteiger partial charge in [-0.2, -0.15) is 11.3 Å². The van der Waals surface area contributed by atoms with Gasteiger partial charge in [-0.25, -0.2) is 0 Å². The first kappa shape index (κ1) is 15.4. The lowest BCUT2D eigenvalue weighted by Gasteiger charge is -2.40. The summed E-state index contributed by atoms with van der Waals surface area (Å²) in [6, 6.07) is 0. The number of thiocarbonyl (C=S) groups is 1. The van der Waals surface area contributed by atoms with E-state index in [0.29, 0.717) is 4.99 Å². The van der Waals surface area contributed by atoms with Crippen molar-refractivity contribution in [1.82, 2.24) is 5.32 Å². The molecule has 0 aromatic carbocycles. The molecule has 1 aliphatic rings. The van der Waals surface area contributed by atoms with Crippen LogP contribution in [0.15, 0.2) is 10.8 Å². The van der Waals surface area contributed by atoms with Crippen molar-refractivity contribution in [2.45, 2.75) is 51.5 Å². The lowest BCUT2D eigenvalue weighted by molar-refractivity contribution is 0.0898. The number of thiophene rings is 1. The van der Waals surface area contributed by atoms with E-state index in [1.165, 1.54) is 6.42 Å². The number of carbonyl (C=O) groups excluding carboxylic acids is 1. The molecule has 1 aromatic heterocycles. The maximum absolute atomic E-state index is 12.4. The second-order valence-electron chi connectivity index (χ2n) is 5.72. The van der Waals surface area contributed by atoms with Crippen LogP contribution in [0.3, 0.4) is 0 Å². The van der Waals surface area contributed by atoms with Crippen LogP contribution in [0.1, 0.15) is 54.9 Å². The minimum atomic E-state index is -0.494. The zero-order valence-electron chi connectivity index (χ0n) is 12.1. The van der Waals surface area contributed by atoms with Gasteiger partial charge in [0.15, 0.2) is 0 Å². The highest BCUT2D eigenvalue weighted by molar-refractivity contribution is 7.80. The minimum Gasteiger partial charge on any atom is -0.391 e. The fourth-order valence-electron chi connectivity index (χ4n) is 2.89. The van der Waals surface area contributed by atoms with Crippen LogP contribution in [0, 0.1) is 12.8 Å². The Hall–Kier alpha value is -0.940. The van der Waals surface area contributed by atoms with E-state index in [1.54, 1.807) is 11.3 Å². The average Bonchev–Trinajstić information content (AvgIpc) is 2.85. The van der Waals surface area contributed by atoms with Gasteiger partial charge in [0.1, 0.15) is 0 Å². The molecule has 1 fully saturated rings. The molecule has 0 bridgehead atoms. The Labute approximate surface area is 129 Å². The maximum atomic E-state index is 12.4. The number of aryl methyl sites for hydroxylation is 1. The van der Waals surface area contributed by atoms with Crippen LogP contribution in [0.4, 0.5) is 0 Å². The molecule has 0 atom stereocenters. The van der Waals surface area contributed by atoms with Crippen molar-refractivity contribution in [3.05, 3.63) is 21.9 Å². The van der Waals surface area contributed by atoms with E-state index in [4.69, 9.17) is 18.0 Å². The monoisotopic (exact) mass is 310 g/mol. The van der Waals surface area contributed by atoms with E-state index in [0.717, 1.165) is 42.7 Å². The van der Waals surface area contributed by atoms with Crippen LogP contribution in [0.2, 0.25) is 0 Å². The largest absolute Gasteiger partial charge is 0.391 e. The SMILES string of the molecule is CCC1CCC(NC(=O)c2cscc2C)(C(N)=S)CC1. The summed E-state index contributed by atoms with van der Waals surface area (Å²) in [5.41, 5.74) is 7.20. The van der Waals surface area contributed by atoms with E-state index in [1.807, 2.05) is 17.7 Å². The first-order chi connectivity index (χ1) is 9.48. The zero-order chi connectivity index (χ0) is 14.8. The standard InChI is InChI=1S/C15H22N2OS2/c1-3-11-4-6-15(7-5-11,14(16)19)17-13(18)12-9-20-8-10(12)2/h8-9,11H,3-7H2,1-2H3,(H2,16,19)(H,17,18). The molecule has 1 aliphatic carbocycles. The van der Waals surface area contributed by atoms with Crippen LogP contribution in [-0.4, -0.2) is 16.4 Å². The Balaban J connectivity index is 2.13. The van der Waals surface area contributed by atoms with E-state index >= 15 is 0 Å². The highest BCUT2D eigenvalue weighted by atomic mass is 32.1. The van der Waals surface area contributed by atoms with Crippen LogP contribution < -0.4 is 11.1 Å². The first-order valence-corrected chi connectivity index (χ1v) is 8.49. The predicted octanol–water partition coefficient (Wildman–Crippen LogP) is 3.41. The predicted molar refractivity (Wildman–Crippen MR) is 88.3 cm³/mol. The minimum absolute atomic E-state index is 0.0495. The van der Waals surface area contributed by atoms with Gasteiger partial charge in [-0.15, -0.1) is 0 Å². The number of hydrogen-bond acceptors (Lipinski definition) is 3. The van der Waals surface area contributed by atoms with E-state index < -0.39 is 5.54 Å². The maximum Gasteiger partial charge on any atom is 0.253 e. The topological polar surface area (TPSA) is 55.1 Å². The van der Waals surface area contributed by atoms with Gasteiger partial charge in [-0.3, -0.25) is 4.79 Å². The summed E-state index contributed by atoms with van der Waals surface area (Å²) in [5.74, 6) is 0.684. The summed E-state index contributed by atoms with van der Waals surface area (Å²) >= 11 is 6.79. The second kappa shape index (κ2) is 6.22. The van der Waals surface area contributed by atoms with Crippen molar-refractivity contribution in [3.63, 3.8) is 0 Å². The Morgan fingerprint density at radius 2 is 2.15 bits per heavy atom. The molecule has 0 spiro atoms. The Morgan fingerprint density at radius 1 is 1.50 bits per heavy atom. The van der Waals surface area contributed by atoms with Gasteiger partial charge in [0, 0.05) is 5.38 Å². The van der Waals surface area contributed by atoms with Crippen molar-refractivity contribution in [1.29, 1.82) is 0 Å². The van der Waals surface area contributed by atoms with Crippen molar-refractivity contribution >= 4 is 34.5 Å². The number of nitrogens with one attached hydrogen (secondary N) is 1. The lowest BCUT2D eigenvalue weighted by atomic mass is 9.75. The van der Waals surface area contributed by atoms with Gasteiger partial charge in [-0.05, 0) is 49.5 Å². The highest BCUT2D eigenvalue weighted by Crippen LogP contribution is 2.34. The summed E-state index contributed by atoms with van der Waals surface area (Å²) in [4.78, 5) is 12.9. The van der Waals surface area contributed by atoms with Crippen molar-refractivity contribution in [2.24, 2.45) is 11.7 Å². The molecule has 3 N–H and O–H groups in total. The third-order valence-electron chi connectivity index (χ3n) is 4.46. The van der Waals surface area contributed by atoms with Crippen LogP contribution in [0.5, 0.6) is 0 Å². The summed E-state index contributed by atoms with van der Waals surface area (Å²) in [6.07, 6.45) is 5.06. The Bertz CT molecular complexity index is 502. The molecule has 0 aliphatic heterocycles. The molecule has 1 aromatic rings. The summed E-state index contributed by atoms with van der Waals surface area (Å²) in [7, 11) is 0. The molecular formula is C15H22N2OS2. The number of nitrogens with two attached hydrogens (primary N) is 1. The Kier molecular flexibility index (Phi) is 4.81. The molecule has 110 valence electrons. The van der Waals surface area contributed by atoms with Gasteiger partial charge in [0.2, 0.25) is 0 Å². The molecule has 0 radical (unpaired) electrons. The molecule has 5 heteroatoms. The van der Waals surface area contributed by atoms with Crippen LogP contribution >= 0.6 is 23.6 Å². The fourth-order valence-corrected chi connectivity index (χ4v) is 3.97. The normalized spacial score (nSPS) is 26.2. The molecule has 0 saturated heterocycles. The number of amides is 1. The smallest absolute Gasteiger partial charge is 0.253 e. The number of rotatable bonds is 4. The quantitative estimate of drug-likeness (QED) is 0.838.